The molecule has 0 bridgehead atoms. The van der Waals surface area contributed by atoms with Crippen molar-refractivity contribution in [1.29, 1.82) is 0 Å². The van der Waals surface area contributed by atoms with Crippen LogP contribution in [-0.4, -0.2) is 6.61 Å². The van der Waals surface area contributed by atoms with Crippen LogP contribution in [0.15, 0.2) is 12.0 Å². The first-order valence-electron chi connectivity index (χ1n) is 1.62. The second kappa shape index (κ2) is 1.18. The zero-order valence-corrected chi connectivity index (χ0v) is 3.18. The Bertz CT molecular complexity index is 78.9. The van der Waals surface area contributed by atoms with E-state index < -0.39 is 0 Å². The van der Waals surface area contributed by atoms with Crippen molar-refractivity contribution in [2.75, 3.05) is 6.61 Å². The lowest BCUT2D eigenvalue weighted by Gasteiger charge is -1.81. The van der Waals surface area contributed by atoms with E-state index in [2.05, 4.69) is 9.78 Å². The molecule has 0 saturated carbocycles. The van der Waals surface area contributed by atoms with Crippen LogP contribution >= 0.6 is 0 Å². The maximum Gasteiger partial charge on any atom is 0.150 e. The Morgan fingerprint density at radius 1 is 1.83 bits per heavy atom. The zero-order valence-electron chi connectivity index (χ0n) is 3.18. The molecule has 0 aromatic heterocycles. The molecule has 1 rings (SSSR count). The average Bonchev–Trinajstić information content (AvgIpc) is 1.86. The zero-order chi connectivity index (χ0) is 4.41. The van der Waals surface area contributed by atoms with E-state index >= 15 is 0 Å². The van der Waals surface area contributed by atoms with Gasteiger partial charge in [0.05, 0.1) is 5.70 Å². The summed E-state index contributed by atoms with van der Waals surface area (Å²) in [6, 6.07) is 0. The van der Waals surface area contributed by atoms with Crippen molar-refractivity contribution in [3.63, 3.8) is 0 Å². The fraction of sp³-hybridized carbons (Fsp3) is 0.333. The van der Waals surface area contributed by atoms with Crippen LogP contribution in [0.25, 0.3) is 0 Å². The topological polar surface area (TPSA) is 44.5 Å². The molecule has 0 radical (unpaired) electrons. The molecule has 3 heteroatoms. The van der Waals surface area contributed by atoms with Gasteiger partial charge in [0, 0.05) is 0 Å². The quantitative estimate of drug-likeness (QED) is 0.414. The number of hydrogen-bond donors (Lipinski definition) is 1. The predicted octanol–water partition coefficient (Wildman–Crippen LogP) is -0.252. The van der Waals surface area contributed by atoms with E-state index in [1.165, 1.54) is 6.26 Å². The standard InChI is InChI=1S/C3H5NO2/c4-3-1-5-6-2-3/h1H,2,4H2. The van der Waals surface area contributed by atoms with Crippen LogP contribution in [-0.2, 0) is 9.78 Å². The first-order chi connectivity index (χ1) is 2.89. The van der Waals surface area contributed by atoms with Crippen molar-refractivity contribution < 1.29 is 9.78 Å². The van der Waals surface area contributed by atoms with E-state index in [0.717, 1.165) is 0 Å². The van der Waals surface area contributed by atoms with Crippen LogP contribution in [0.3, 0.4) is 0 Å². The van der Waals surface area contributed by atoms with Crippen molar-refractivity contribution >= 4 is 0 Å². The molecule has 2 N–H and O–H groups in total. The molecule has 0 saturated heterocycles. The molecule has 1 heterocycles. The minimum atomic E-state index is 0.403. The van der Waals surface area contributed by atoms with Crippen molar-refractivity contribution in [2.24, 2.45) is 5.73 Å². The number of rotatable bonds is 0. The van der Waals surface area contributed by atoms with Crippen molar-refractivity contribution in [1.82, 2.24) is 0 Å². The van der Waals surface area contributed by atoms with Gasteiger partial charge in [-0.2, -0.15) is 4.89 Å². The number of hydrogen-bond acceptors (Lipinski definition) is 3. The summed E-state index contributed by atoms with van der Waals surface area (Å²) >= 11 is 0. The van der Waals surface area contributed by atoms with E-state index in [1.54, 1.807) is 0 Å². The van der Waals surface area contributed by atoms with E-state index in [-0.39, 0.29) is 0 Å². The highest BCUT2D eigenvalue weighted by atomic mass is 17.2. The highest BCUT2D eigenvalue weighted by molar-refractivity contribution is 4.92. The molecule has 0 aliphatic carbocycles. The Morgan fingerprint density at radius 2 is 2.67 bits per heavy atom. The molecule has 0 aromatic carbocycles. The maximum atomic E-state index is 5.15. The number of nitrogens with two attached hydrogens (primary N) is 1. The van der Waals surface area contributed by atoms with Crippen LogP contribution in [0.2, 0.25) is 0 Å². The molecule has 0 spiro atoms. The van der Waals surface area contributed by atoms with E-state index in [1.807, 2.05) is 0 Å². The molecular formula is C3H5NO2. The normalized spacial score (nSPS) is 19.7. The summed E-state index contributed by atoms with van der Waals surface area (Å²) in [7, 11) is 0. The van der Waals surface area contributed by atoms with Crippen molar-refractivity contribution in [3.8, 4) is 0 Å². The van der Waals surface area contributed by atoms with Gasteiger partial charge >= 0.3 is 0 Å². The van der Waals surface area contributed by atoms with Crippen molar-refractivity contribution in [2.45, 2.75) is 0 Å². The molecule has 1 aliphatic heterocycles. The molecule has 34 valence electrons. The maximum absolute atomic E-state index is 5.15. The van der Waals surface area contributed by atoms with Gasteiger partial charge in [0.2, 0.25) is 0 Å². The molecule has 0 unspecified atom stereocenters. The molecule has 0 atom stereocenters. The second-order valence-electron chi connectivity index (χ2n) is 1.05. The van der Waals surface area contributed by atoms with Gasteiger partial charge in [-0.1, -0.05) is 0 Å². The summed E-state index contributed by atoms with van der Waals surface area (Å²) in [5.74, 6) is 0. The summed E-state index contributed by atoms with van der Waals surface area (Å²) in [5.41, 5.74) is 5.78. The van der Waals surface area contributed by atoms with E-state index in [9.17, 15) is 0 Å². The van der Waals surface area contributed by atoms with Crippen molar-refractivity contribution in [3.05, 3.63) is 12.0 Å². The van der Waals surface area contributed by atoms with E-state index in [4.69, 9.17) is 5.73 Å². The SMILES string of the molecule is NC1=COOC1. The van der Waals surface area contributed by atoms with Gasteiger partial charge in [-0.3, -0.25) is 0 Å². The lowest BCUT2D eigenvalue weighted by atomic mass is 10.6. The van der Waals surface area contributed by atoms with Gasteiger partial charge in [-0.15, -0.1) is 0 Å². The Hall–Kier alpha value is -0.700. The van der Waals surface area contributed by atoms with Gasteiger partial charge in [0.1, 0.15) is 6.61 Å². The van der Waals surface area contributed by atoms with Gasteiger partial charge in [-0.05, 0) is 0 Å². The van der Waals surface area contributed by atoms with Gasteiger partial charge in [0.15, 0.2) is 6.26 Å². The Kier molecular flexibility index (Phi) is 0.686. The second-order valence-corrected chi connectivity index (χ2v) is 1.05. The minimum absolute atomic E-state index is 0.403. The Balaban J connectivity index is 2.45. The minimum Gasteiger partial charge on any atom is -0.397 e. The van der Waals surface area contributed by atoms with Crippen LogP contribution in [0, 0.1) is 0 Å². The summed E-state index contributed by atoms with van der Waals surface area (Å²) < 4.78 is 0. The lowest BCUT2D eigenvalue weighted by Crippen LogP contribution is -1.96. The molecule has 6 heavy (non-hydrogen) atoms. The molecule has 3 nitrogen and oxygen atoms in total. The van der Waals surface area contributed by atoms with Gasteiger partial charge < -0.3 is 10.6 Å². The summed E-state index contributed by atoms with van der Waals surface area (Å²) in [5, 5.41) is 0. The molecule has 0 amide bonds. The monoisotopic (exact) mass is 87.0 g/mol. The van der Waals surface area contributed by atoms with Crippen LogP contribution in [0.4, 0.5) is 0 Å². The Labute approximate surface area is 35.3 Å². The molecule has 0 aromatic rings. The van der Waals surface area contributed by atoms with Crippen LogP contribution < -0.4 is 5.73 Å². The molecular weight excluding hydrogens is 82.0 g/mol. The summed E-state index contributed by atoms with van der Waals surface area (Å²) in [6.07, 6.45) is 1.38. The van der Waals surface area contributed by atoms with Gasteiger partial charge in [0.25, 0.3) is 0 Å². The Morgan fingerprint density at radius 3 is 2.83 bits per heavy atom. The third-order valence-electron chi connectivity index (χ3n) is 0.493. The summed E-state index contributed by atoms with van der Waals surface area (Å²) in [6.45, 7) is 0.403. The lowest BCUT2D eigenvalue weighted by molar-refractivity contribution is -0.221. The first-order valence-corrected chi connectivity index (χ1v) is 1.62. The first kappa shape index (κ1) is 3.49. The largest absolute Gasteiger partial charge is 0.397 e. The highest BCUT2D eigenvalue weighted by Gasteiger charge is 1.97. The van der Waals surface area contributed by atoms with Gasteiger partial charge in [-0.25, -0.2) is 0 Å². The molecule has 0 fully saturated rings. The highest BCUT2D eigenvalue weighted by Crippen LogP contribution is 1.96. The smallest absolute Gasteiger partial charge is 0.150 e. The third-order valence-corrected chi connectivity index (χ3v) is 0.493. The fourth-order valence-corrected chi connectivity index (χ4v) is 0.232. The van der Waals surface area contributed by atoms with Crippen LogP contribution in [0.1, 0.15) is 0 Å². The van der Waals surface area contributed by atoms with Crippen LogP contribution in [0.5, 0.6) is 0 Å². The fourth-order valence-electron chi connectivity index (χ4n) is 0.232. The molecule has 1 aliphatic rings. The third kappa shape index (κ3) is 0.440. The predicted molar refractivity (Wildman–Crippen MR) is 19.3 cm³/mol. The summed E-state index contributed by atoms with van der Waals surface area (Å²) in [4.78, 5) is 8.61. The average molecular weight is 87.1 g/mol. The van der Waals surface area contributed by atoms with E-state index in [0.29, 0.717) is 12.3 Å².